The lowest BCUT2D eigenvalue weighted by atomic mass is 10.1. The van der Waals surface area contributed by atoms with Crippen molar-refractivity contribution in [1.82, 2.24) is 9.97 Å². The van der Waals surface area contributed by atoms with E-state index in [2.05, 4.69) is 22.2 Å². The van der Waals surface area contributed by atoms with Crippen molar-refractivity contribution in [1.29, 1.82) is 0 Å². The van der Waals surface area contributed by atoms with Crippen molar-refractivity contribution in [3.63, 3.8) is 0 Å². The third kappa shape index (κ3) is 2.18. The lowest BCUT2D eigenvalue weighted by Crippen LogP contribution is -2.03. The molecular weight excluding hydrogens is 229 g/mol. The largest absolute Gasteiger partial charge is 0.371 e. The predicted molar refractivity (Wildman–Crippen MR) is 71.2 cm³/mol. The Morgan fingerprint density at radius 2 is 1.78 bits per heavy atom. The molecule has 18 heavy (non-hydrogen) atoms. The number of rotatable bonds is 2. The van der Waals surface area contributed by atoms with Gasteiger partial charge >= 0.3 is 0 Å². The zero-order valence-corrected chi connectivity index (χ0v) is 11.0. The molecule has 1 aromatic heterocycles. The Balaban J connectivity index is 2.57. The minimum absolute atomic E-state index is 0.232. The summed E-state index contributed by atoms with van der Waals surface area (Å²) in [6, 6.07) is 5.99. The number of benzene rings is 1. The van der Waals surface area contributed by atoms with E-state index in [1.807, 2.05) is 25.1 Å². The van der Waals surface area contributed by atoms with Gasteiger partial charge in [-0.25, -0.2) is 14.4 Å². The molecule has 4 heteroatoms. The van der Waals surface area contributed by atoms with Gasteiger partial charge in [0.05, 0.1) is 5.69 Å². The van der Waals surface area contributed by atoms with Crippen molar-refractivity contribution >= 4 is 5.82 Å². The van der Waals surface area contributed by atoms with Crippen LogP contribution in [-0.2, 0) is 0 Å². The van der Waals surface area contributed by atoms with Crippen LogP contribution >= 0.6 is 0 Å². The third-order valence-electron chi connectivity index (χ3n) is 3.02. The van der Waals surface area contributed by atoms with E-state index in [9.17, 15) is 4.39 Å². The van der Waals surface area contributed by atoms with E-state index in [1.165, 1.54) is 11.1 Å². The standard InChI is InChI=1S/C14H16FN3/c1-8-5-6-11(7-9(8)2)13-17-10(3)12(15)14(16-4)18-13/h5-7H,1-4H3,(H,16,17,18). The molecule has 0 radical (unpaired) electrons. The van der Waals surface area contributed by atoms with Crippen LogP contribution in [0.25, 0.3) is 11.4 Å². The molecule has 1 N–H and O–H groups in total. The van der Waals surface area contributed by atoms with Gasteiger partial charge < -0.3 is 5.32 Å². The summed E-state index contributed by atoms with van der Waals surface area (Å²) in [6.45, 7) is 5.73. The molecule has 1 heterocycles. The molecule has 0 bridgehead atoms. The highest BCUT2D eigenvalue weighted by molar-refractivity contribution is 5.59. The Hall–Kier alpha value is -1.97. The van der Waals surface area contributed by atoms with Crippen molar-refractivity contribution in [2.24, 2.45) is 0 Å². The first-order valence-electron chi connectivity index (χ1n) is 5.82. The molecule has 0 saturated heterocycles. The maximum absolute atomic E-state index is 13.7. The summed E-state index contributed by atoms with van der Waals surface area (Å²) in [5, 5.41) is 2.75. The van der Waals surface area contributed by atoms with E-state index in [-0.39, 0.29) is 5.82 Å². The molecule has 0 fully saturated rings. The smallest absolute Gasteiger partial charge is 0.186 e. The maximum atomic E-state index is 13.7. The molecule has 0 amide bonds. The summed E-state index contributed by atoms with van der Waals surface area (Å²) in [6.07, 6.45) is 0. The first kappa shape index (κ1) is 12.5. The monoisotopic (exact) mass is 245 g/mol. The Kier molecular flexibility index (Phi) is 3.28. The number of hydrogen-bond acceptors (Lipinski definition) is 3. The molecule has 2 rings (SSSR count). The van der Waals surface area contributed by atoms with E-state index in [4.69, 9.17) is 0 Å². The summed E-state index contributed by atoms with van der Waals surface area (Å²) >= 11 is 0. The van der Waals surface area contributed by atoms with Gasteiger partial charge in [0.1, 0.15) is 0 Å². The molecule has 3 nitrogen and oxygen atoms in total. The number of aryl methyl sites for hydroxylation is 3. The van der Waals surface area contributed by atoms with Gasteiger partial charge in [-0.3, -0.25) is 0 Å². The fourth-order valence-corrected chi connectivity index (χ4v) is 1.73. The highest BCUT2D eigenvalue weighted by Crippen LogP contribution is 2.22. The van der Waals surface area contributed by atoms with Crippen molar-refractivity contribution in [2.75, 3.05) is 12.4 Å². The van der Waals surface area contributed by atoms with Crippen LogP contribution in [0.5, 0.6) is 0 Å². The Morgan fingerprint density at radius 1 is 1.06 bits per heavy atom. The molecule has 2 aromatic rings. The quantitative estimate of drug-likeness (QED) is 0.882. The van der Waals surface area contributed by atoms with E-state index in [0.717, 1.165) is 5.56 Å². The summed E-state index contributed by atoms with van der Waals surface area (Å²) in [5.41, 5.74) is 3.63. The van der Waals surface area contributed by atoms with E-state index >= 15 is 0 Å². The van der Waals surface area contributed by atoms with Crippen LogP contribution in [0.2, 0.25) is 0 Å². The van der Waals surface area contributed by atoms with Crippen LogP contribution in [0.4, 0.5) is 10.2 Å². The fraction of sp³-hybridized carbons (Fsp3) is 0.286. The lowest BCUT2D eigenvalue weighted by Gasteiger charge is -2.08. The van der Waals surface area contributed by atoms with Crippen LogP contribution in [0.3, 0.4) is 0 Å². The molecular formula is C14H16FN3. The number of halogens is 1. The van der Waals surface area contributed by atoms with Gasteiger partial charge in [0, 0.05) is 12.6 Å². The fourth-order valence-electron chi connectivity index (χ4n) is 1.73. The van der Waals surface area contributed by atoms with Gasteiger partial charge in [-0.1, -0.05) is 12.1 Å². The van der Waals surface area contributed by atoms with Crippen molar-refractivity contribution in [3.8, 4) is 11.4 Å². The average molecular weight is 245 g/mol. The average Bonchev–Trinajstić information content (AvgIpc) is 2.36. The van der Waals surface area contributed by atoms with Crippen LogP contribution in [0, 0.1) is 26.6 Å². The SMILES string of the molecule is CNc1nc(-c2ccc(C)c(C)c2)nc(C)c1F. The number of aromatic nitrogens is 2. The minimum atomic E-state index is -0.398. The highest BCUT2D eigenvalue weighted by atomic mass is 19.1. The first-order chi connectivity index (χ1) is 8.52. The van der Waals surface area contributed by atoms with E-state index in [1.54, 1.807) is 14.0 Å². The van der Waals surface area contributed by atoms with Gasteiger partial charge in [-0.2, -0.15) is 0 Å². The first-order valence-corrected chi connectivity index (χ1v) is 5.82. The van der Waals surface area contributed by atoms with Gasteiger partial charge in [0.25, 0.3) is 0 Å². The second-order valence-corrected chi connectivity index (χ2v) is 4.34. The van der Waals surface area contributed by atoms with E-state index < -0.39 is 5.82 Å². The topological polar surface area (TPSA) is 37.8 Å². The molecule has 0 atom stereocenters. The molecule has 0 spiro atoms. The molecule has 0 aliphatic carbocycles. The molecule has 0 saturated carbocycles. The summed E-state index contributed by atoms with van der Waals surface area (Å²) < 4.78 is 13.7. The lowest BCUT2D eigenvalue weighted by molar-refractivity contribution is 0.607. The summed E-state index contributed by atoms with van der Waals surface area (Å²) in [5.74, 6) is 0.377. The van der Waals surface area contributed by atoms with Crippen LogP contribution < -0.4 is 5.32 Å². The third-order valence-corrected chi connectivity index (χ3v) is 3.02. The molecule has 0 aliphatic heterocycles. The van der Waals surface area contributed by atoms with Gasteiger partial charge in [-0.05, 0) is 38.0 Å². The van der Waals surface area contributed by atoms with Crippen molar-refractivity contribution < 1.29 is 4.39 Å². The number of hydrogen-bond donors (Lipinski definition) is 1. The van der Waals surface area contributed by atoms with Crippen molar-refractivity contribution in [3.05, 3.63) is 40.8 Å². The van der Waals surface area contributed by atoms with Crippen molar-refractivity contribution in [2.45, 2.75) is 20.8 Å². The van der Waals surface area contributed by atoms with Gasteiger partial charge in [-0.15, -0.1) is 0 Å². The summed E-state index contributed by atoms with van der Waals surface area (Å²) in [7, 11) is 1.65. The predicted octanol–water partition coefficient (Wildman–Crippen LogP) is 3.25. The molecule has 0 aliphatic rings. The summed E-state index contributed by atoms with van der Waals surface area (Å²) in [4.78, 5) is 8.39. The van der Waals surface area contributed by atoms with Crippen LogP contribution in [0.15, 0.2) is 18.2 Å². The maximum Gasteiger partial charge on any atom is 0.186 e. The number of nitrogens with one attached hydrogen (secondary N) is 1. The van der Waals surface area contributed by atoms with Crippen LogP contribution in [0.1, 0.15) is 16.8 Å². The normalized spacial score (nSPS) is 10.5. The van der Waals surface area contributed by atoms with Gasteiger partial charge in [0.15, 0.2) is 17.5 Å². The Bertz CT molecular complexity index is 594. The van der Waals surface area contributed by atoms with E-state index in [0.29, 0.717) is 11.5 Å². The number of nitrogens with zero attached hydrogens (tertiary/aromatic N) is 2. The Labute approximate surface area is 106 Å². The molecule has 1 aromatic carbocycles. The zero-order chi connectivity index (χ0) is 13.3. The van der Waals surface area contributed by atoms with Crippen LogP contribution in [-0.4, -0.2) is 17.0 Å². The highest BCUT2D eigenvalue weighted by Gasteiger charge is 2.11. The second-order valence-electron chi connectivity index (χ2n) is 4.34. The zero-order valence-electron chi connectivity index (χ0n) is 11.0. The molecule has 94 valence electrons. The minimum Gasteiger partial charge on any atom is -0.371 e. The molecule has 0 unspecified atom stereocenters. The number of anilines is 1. The Morgan fingerprint density at radius 3 is 2.39 bits per heavy atom. The van der Waals surface area contributed by atoms with Gasteiger partial charge in [0.2, 0.25) is 0 Å². The second kappa shape index (κ2) is 4.72.